The van der Waals surface area contributed by atoms with Crippen LogP contribution in [-0.2, 0) is 17.8 Å². The number of para-hydroxylation sites is 1. The van der Waals surface area contributed by atoms with Gasteiger partial charge in [-0.25, -0.2) is 10.2 Å². The summed E-state index contributed by atoms with van der Waals surface area (Å²) < 4.78 is 6.00. The van der Waals surface area contributed by atoms with Gasteiger partial charge in [0.25, 0.3) is 5.69 Å². The van der Waals surface area contributed by atoms with Crippen LogP contribution in [0.3, 0.4) is 0 Å². The summed E-state index contributed by atoms with van der Waals surface area (Å²) in [5.41, 5.74) is 4.20. The molecule has 0 fully saturated rings. The van der Waals surface area contributed by atoms with Crippen LogP contribution in [0.25, 0.3) is 10.8 Å². The monoisotopic (exact) mass is 483 g/mol. The number of fused-ring (bicyclic) bond motifs is 1. The second kappa shape index (κ2) is 10.9. The lowest BCUT2D eigenvalue weighted by atomic mass is 10.0. The van der Waals surface area contributed by atoms with Crippen molar-refractivity contribution in [3.63, 3.8) is 0 Å². The molecule has 0 heterocycles. The second-order valence-electron chi connectivity index (χ2n) is 7.85. The molecule has 2 N–H and O–H groups in total. The van der Waals surface area contributed by atoms with Crippen molar-refractivity contribution in [1.29, 1.82) is 0 Å². The van der Waals surface area contributed by atoms with E-state index in [0.717, 1.165) is 16.3 Å². The SMILES string of the molecule is O=C(Cc1ccccc1[N+](=O)[O-])NN=Cc1c(OCc2ccc(C(=O)O)cc2)ccc2ccccc12. The molecule has 0 aliphatic carbocycles. The number of hydrogen-bond donors (Lipinski definition) is 2. The van der Waals surface area contributed by atoms with Crippen LogP contribution >= 0.6 is 0 Å². The molecule has 0 bridgehead atoms. The lowest BCUT2D eigenvalue weighted by Gasteiger charge is -2.12. The third-order valence-electron chi connectivity index (χ3n) is 5.45. The van der Waals surface area contributed by atoms with Crippen molar-refractivity contribution in [2.45, 2.75) is 13.0 Å². The van der Waals surface area contributed by atoms with E-state index in [9.17, 15) is 19.7 Å². The van der Waals surface area contributed by atoms with E-state index in [1.807, 2.05) is 30.3 Å². The van der Waals surface area contributed by atoms with Gasteiger partial charge in [0.05, 0.1) is 23.1 Å². The fourth-order valence-corrected chi connectivity index (χ4v) is 3.66. The molecule has 36 heavy (non-hydrogen) atoms. The Labute approximate surface area is 205 Å². The first-order valence-corrected chi connectivity index (χ1v) is 10.9. The summed E-state index contributed by atoms with van der Waals surface area (Å²) >= 11 is 0. The number of hydrazone groups is 1. The van der Waals surface area contributed by atoms with E-state index in [1.54, 1.807) is 30.3 Å². The van der Waals surface area contributed by atoms with Gasteiger partial charge in [-0.15, -0.1) is 0 Å². The van der Waals surface area contributed by atoms with Crippen LogP contribution in [0.1, 0.15) is 27.0 Å². The van der Waals surface area contributed by atoms with Crippen LogP contribution in [0.5, 0.6) is 5.75 Å². The van der Waals surface area contributed by atoms with Crippen LogP contribution in [0.2, 0.25) is 0 Å². The molecule has 0 saturated carbocycles. The van der Waals surface area contributed by atoms with Crippen molar-refractivity contribution in [3.05, 3.63) is 117 Å². The second-order valence-corrected chi connectivity index (χ2v) is 7.85. The third-order valence-corrected chi connectivity index (χ3v) is 5.45. The number of carboxylic acid groups (broad SMARTS) is 1. The van der Waals surface area contributed by atoms with Crippen LogP contribution in [0.15, 0.2) is 90.0 Å². The molecule has 4 aromatic rings. The summed E-state index contributed by atoms with van der Waals surface area (Å²) in [4.78, 5) is 34.1. The molecule has 0 aromatic heterocycles. The van der Waals surface area contributed by atoms with Gasteiger partial charge in [0.1, 0.15) is 12.4 Å². The summed E-state index contributed by atoms with van der Waals surface area (Å²) in [5, 5.41) is 26.1. The predicted octanol–water partition coefficient (Wildman–Crippen LogP) is 4.72. The zero-order chi connectivity index (χ0) is 25.5. The fourth-order valence-electron chi connectivity index (χ4n) is 3.66. The molecule has 0 atom stereocenters. The topological polar surface area (TPSA) is 131 Å². The highest BCUT2D eigenvalue weighted by molar-refractivity contribution is 6.02. The Bertz CT molecular complexity index is 1460. The minimum absolute atomic E-state index is 0.127. The number of nitro groups is 1. The smallest absolute Gasteiger partial charge is 0.335 e. The third kappa shape index (κ3) is 5.71. The van der Waals surface area contributed by atoms with Gasteiger partial charge in [-0.2, -0.15) is 5.10 Å². The van der Waals surface area contributed by atoms with Crippen LogP contribution < -0.4 is 10.2 Å². The van der Waals surface area contributed by atoms with E-state index < -0.39 is 16.8 Å². The molecule has 0 saturated heterocycles. The molecule has 4 rings (SSSR count). The maximum atomic E-state index is 12.4. The van der Waals surface area contributed by atoms with Gasteiger partial charge in [-0.1, -0.05) is 60.7 Å². The number of ether oxygens (including phenoxy) is 1. The number of aromatic carboxylic acids is 1. The van der Waals surface area contributed by atoms with Gasteiger partial charge in [-0.3, -0.25) is 14.9 Å². The van der Waals surface area contributed by atoms with Gasteiger partial charge in [-0.05, 0) is 34.5 Å². The number of rotatable bonds is 9. The summed E-state index contributed by atoms with van der Waals surface area (Å²) in [6, 6.07) is 23.8. The number of carbonyl (C=O) groups excluding carboxylic acids is 1. The summed E-state index contributed by atoms with van der Waals surface area (Å²) in [6.45, 7) is 0.198. The zero-order valence-corrected chi connectivity index (χ0v) is 19.0. The number of carbonyl (C=O) groups is 2. The maximum absolute atomic E-state index is 12.4. The number of amides is 1. The fraction of sp³-hybridized carbons (Fsp3) is 0.0741. The summed E-state index contributed by atoms with van der Waals surface area (Å²) in [5.74, 6) is -0.978. The standard InChI is InChI=1S/C27H21N3O6/c31-26(15-21-6-2-4-8-24(21)30(34)35)29-28-16-23-22-7-3-1-5-19(22)13-14-25(23)36-17-18-9-11-20(12-10-18)27(32)33/h1-14,16H,15,17H2,(H,29,31)(H,32,33). The average Bonchev–Trinajstić information content (AvgIpc) is 2.88. The number of nitro benzene ring substituents is 1. The molecule has 0 aliphatic rings. The summed E-state index contributed by atoms with van der Waals surface area (Å²) in [6.07, 6.45) is 1.28. The van der Waals surface area contributed by atoms with Crippen molar-refractivity contribution in [2.75, 3.05) is 0 Å². The van der Waals surface area contributed by atoms with E-state index in [1.165, 1.54) is 30.5 Å². The number of nitrogens with one attached hydrogen (secondary N) is 1. The normalized spacial score (nSPS) is 10.9. The average molecular weight is 483 g/mol. The van der Waals surface area contributed by atoms with Crippen molar-refractivity contribution in [2.24, 2.45) is 5.10 Å². The molecule has 0 radical (unpaired) electrons. The van der Waals surface area contributed by atoms with Gasteiger partial charge in [0, 0.05) is 17.2 Å². The lowest BCUT2D eigenvalue weighted by Crippen LogP contribution is -2.20. The van der Waals surface area contributed by atoms with Crippen LogP contribution in [0, 0.1) is 10.1 Å². The number of hydrogen-bond acceptors (Lipinski definition) is 6. The lowest BCUT2D eigenvalue weighted by molar-refractivity contribution is -0.385. The van der Waals surface area contributed by atoms with E-state index in [2.05, 4.69) is 10.5 Å². The Morgan fingerprint density at radius 3 is 2.44 bits per heavy atom. The van der Waals surface area contributed by atoms with Gasteiger partial charge in [0.15, 0.2) is 0 Å². The molecular formula is C27H21N3O6. The van der Waals surface area contributed by atoms with E-state index in [0.29, 0.717) is 16.9 Å². The number of nitrogens with zero attached hydrogens (tertiary/aromatic N) is 2. The Morgan fingerprint density at radius 2 is 1.69 bits per heavy atom. The largest absolute Gasteiger partial charge is 0.488 e. The molecule has 0 spiro atoms. The molecule has 4 aromatic carbocycles. The Hall–Kier alpha value is -5.05. The van der Waals surface area contributed by atoms with Gasteiger partial charge in [0.2, 0.25) is 5.91 Å². The summed E-state index contributed by atoms with van der Waals surface area (Å²) in [7, 11) is 0. The van der Waals surface area contributed by atoms with Crippen molar-refractivity contribution >= 4 is 34.6 Å². The van der Waals surface area contributed by atoms with E-state index >= 15 is 0 Å². The van der Waals surface area contributed by atoms with Crippen molar-refractivity contribution < 1.29 is 24.4 Å². The molecular weight excluding hydrogens is 462 g/mol. The molecule has 1 amide bonds. The predicted molar refractivity (Wildman–Crippen MR) is 134 cm³/mol. The Morgan fingerprint density at radius 1 is 0.972 bits per heavy atom. The highest BCUT2D eigenvalue weighted by atomic mass is 16.6. The molecule has 0 aliphatic heterocycles. The minimum Gasteiger partial charge on any atom is -0.488 e. The number of benzene rings is 4. The molecule has 0 unspecified atom stereocenters. The number of carboxylic acids is 1. The maximum Gasteiger partial charge on any atom is 0.335 e. The Kier molecular flexibility index (Phi) is 7.30. The van der Waals surface area contributed by atoms with E-state index in [-0.39, 0.29) is 24.3 Å². The molecule has 180 valence electrons. The van der Waals surface area contributed by atoms with Gasteiger partial charge >= 0.3 is 5.97 Å². The van der Waals surface area contributed by atoms with Crippen molar-refractivity contribution in [1.82, 2.24) is 5.43 Å². The Balaban J connectivity index is 1.52. The van der Waals surface area contributed by atoms with Crippen molar-refractivity contribution in [3.8, 4) is 5.75 Å². The first kappa shape index (κ1) is 24.1. The highest BCUT2D eigenvalue weighted by Gasteiger charge is 2.15. The van der Waals surface area contributed by atoms with Gasteiger partial charge < -0.3 is 9.84 Å². The molecule has 9 nitrogen and oxygen atoms in total. The van der Waals surface area contributed by atoms with Crippen LogP contribution in [-0.4, -0.2) is 28.1 Å². The minimum atomic E-state index is -1.00. The highest BCUT2D eigenvalue weighted by Crippen LogP contribution is 2.27. The van der Waals surface area contributed by atoms with Crippen LogP contribution in [0.4, 0.5) is 5.69 Å². The quantitative estimate of drug-likeness (QED) is 0.201. The first-order valence-electron chi connectivity index (χ1n) is 10.9. The van der Waals surface area contributed by atoms with E-state index in [4.69, 9.17) is 9.84 Å². The first-order chi connectivity index (χ1) is 17.4. The molecule has 9 heteroatoms. The zero-order valence-electron chi connectivity index (χ0n) is 19.0.